The standard InChI is InChI=1S/C14H25N3O2S/c1-14(2)6-4-5-11(8-14)17-20(18,19)13-7-12(9-15-3)16-10-13/h7,10-11,15-17H,4-6,8-9H2,1-3H3. The van der Waals surface area contributed by atoms with Crippen molar-refractivity contribution in [2.75, 3.05) is 7.05 Å². The molecule has 114 valence electrons. The molecule has 1 unspecified atom stereocenters. The smallest absolute Gasteiger partial charge is 0.242 e. The molecule has 20 heavy (non-hydrogen) atoms. The van der Waals surface area contributed by atoms with Crippen molar-refractivity contribution < 1.29 is 8.42 Å². The summed E-state index contributed by atoms with van der Waals surface area (Å²) in [7, 11) is -1.59. The van der Waals surface area contributed by atoms with Gasteiger partial charge in [0, 0.05) is 24.5 Å². The first-order valence-electron chi connectivity index (χ1n) is 7.17. The molecule has 1 aliphatic carbocycles. The van der Waals surface area contributed by atoms with Crippen LogP contribution in [0.2, 0.25) is 0 Å². The van der Waals surface area contributed by atoms with Gasteiger partial charge < -0.3 is 10.3 Å². The Kier molecular flexibility index (Phi) is 4.56. The van der Waals surface area contributed by atoms with Crippen LogP contribution in [0.25, 0.3) is 0 Å². The zero-order valence-electron chi connectivity index (χ0n) is 12.5. The number of hydrogen-bond acceptors (Lipinski definition) is 3. The molecule has 0 saturated heterocycles. The fourth-order valence-electron chi connectivity index (χ4n) is 2.95. The Labute approximate surface area is 121 Å². The van der Waals surface area contributed by atoms with Gasteiger partial charge in [-0.3, -0.25) is 0 Å². The molecule has 1 aliphatic rings. The summed E-state index contributed by atoms with van der Waals surface area (Å²) < 4.78 is 27.6. The molecule has 0 radical (unpaired) electrons. The van der Waals surface area contributed by atoms with Crippen LogP contribution in [0.1, 0.15) is 45.2 Å². The van der Waals surface area contributed by atoms with Crippen LogP contribution in [0, 0.1) is 5.41 Å². The van der Waals surface area contributed by atoms with Gasteiger partial charge in [0.2, 0.25) is 10.0 Å². The molecule has 1 heterocycles. The van der Waals surface area contributed by atoms with Crippen LogP contribution in [0.3, 0.4) is 0 Å². The normalized spacial score (nSPS) is 22.9. The second-order valence-corrected chi connectivity index (χ2v) is 8.18. The maximum absolute atomic E-state index is 12.4. The summed E-state index contributed by atoms with van der Waals surface area (Å²) in [5, 5.41) is 2.99. The molecule has 0 spiro atoms. The molecule has 3 N–H and O–H groups in total. The van der Waals surface area contributed by atoms with Crippen molar-refractivity contribution in [3.05, 3.63) is 18.0 Å². The minimum atomic E-state index is -3.42. The van der Waals surface area contributed by atoms with Gasteiger partial charge in [0.1, 0.15) is 0 Å². The number of sulfonamides is 1. The second-order valence-electron chi connectivity index (χ2n) is 6.47. The van der Waals surface area contributed by atoms with Crippen LogP contribution in [0.4, 0.5) is 0 Å². The van der Waals surface area contributed by atoms with Crippen molar-refractivity contribution >= 4 is 10.0 Å². The van der Waals surface area contributed by atoms with E-state index < -0.39 is 10.0 Å². The van der Waals surface area contributed by atoms with Crippen molar-refractivity contribution in [3.8, 4) is 0 Å². The molecule has 1 aromatic rings. The van der Waals surface area contributed by atoms with Gasteiger partial charge in [-0.1, -0.05) is 20.3 Å². The highest BCUT2D eigenvalue weighted by molar-refractivity contribution is 7.89. The first kappa shape index (κ1) is 15.5. The highest BCUT2D eigenvalue weighted by Gasteiger charge is 2.31. The quantitative estimate of drug-likeness (QED) is 0.778. The van der Waals surface area contributed by atoms with Gasteiger partial charge >= 0.3 is 0 Å². The number of aromatic amines is 1. The lowest BCUT2D eigenvalue weighted by Gasteiger charge is -2.35. The number of hydrogen-bond donors (Lipinski definition) is 3. The van der Waals surface area contributed by atoms with Gasteiger partial charge in [-0.05, 0) is 37.8 Å². The van der Waals surface area contributed by atoms with E-state index in [1.165, 1.54) is 6.42 Å². The SMILES string of the molecule is CNCc1cc(S(=O)(=O)NC2CCCC(C)(C)C2)c[nH]1. The monoisotopic (exact) mass is 299 g/mol. The molecular weight excluding hydrogens is 274 g/mol. The third-order valence-electron chi connectivity index (χ3n) is 3.92. The summed E-state index contributed by atoms with van der Waals surface area (Å²) in [5.74, 6) is 0. The number of aromatic nitrogens is 1. The number of nitrogens with one attached hydrogen (secondary N) is 3. The minimum Gasteiger partial charge on any atom is -0.363 e. The van der Waals surface area contributed by atoms with Crippen LogP contribution in [-0.2, 0) is 16.6 Å². The summed E-state index contributed by atoms with van der Waals surface area (Å²) in [6, 6.07) is 1.73. The third kappa shape index (κ3) is 3.84. The molecular formula is C14H25N3O2S. The highest BCUT2D eigenvalue weighted by Crippen LogP contribution is 2.35. The van der Waals surface area contributed by atoms with E-state index in [2.05, 4.69) is 28.9 Å². The fourth-order valence-corrected chi connectivity index (χ4v) is 4.24. The van der Waals surface area contributed by atoms with Crippen molar-refractivity contribution in [1.29, 1.82) is 0 Å². The molecule has 2 rings (SSSR count). The van der Waals surface area contributed by atoms with Gasteiger partial charge in [0.15, 0.2) is 0 Å². The van der Waals surface area contributed by atoms with Gasteiger partial charge in [-0.2, -0.15) is 0 Å². The molecule has 0 aliphatic heterocycles. The zero-order valence-corrected chi connectivity index (χ0v) is 13.3. The van der Waals surface area contributed by atoms with Gasteiger partial charge in [0.05, 0.1) is 4.90 Å². The van der Waals surface area contributed by atoms with E-state index in [9.17, 15) is 8.42 Å². The molecule has 0 aromatic carbocycles. The summed E-state index contributed by atoms with van der Waals surface area (Å²) in [6.07, 6.45) is 5.64. The van der Waals surface area contributed by atoms with Gasteiger partial charge in [-0.25, -0.2) is 13.1 Å². The summed E-state index contributed by atoms with van der Waals surface area (Å²) >= 11 is 0. The van der Waals surface area contributed by atoms with E-state index in [1.807, 2.05) is 7.05 Å². The van der Waals surface area contributed by atoms with Crippen LogP contribution in [0.15, 0.2) is 17.2 Å². The topological polar surface area (TPSA) is 74.0 Å². The Bertz CT molecular complexity index is 549. The molecule has 0 amide bonds. The lowest BCUT2D eigenvalue weighted by Crippen LogP contribution is -2.40. The third-order valence-corrected chi connectivity index (χ3v) is 5.42. The molecule has 6 heteroatoms. The van der Waals surface area contributed by atoms with E-state index in [1.54, 1.807) is 12.3 Å². The van der Waals surface area contributed by atoms with E-state index >= 15 is 0 Å². The first-order valence-corrected chi connectivity index (χ1v) is 8.65. The maximum Gasteiger partial charge on any atom is 0.242 e. The lowest BCUT2D eigenvalue weighted by atomic mass is 9.75. The van der Waals surface area contributed by atoms with Crippen molar-refractivity contribution in [2.45, 2.75) is 57.0 Å². The highest BCUT2D eigenvalue weighted by atomic mass is 32.2. The molecule has 1 aromatic heterocycles. The van der Waals surface area contributed by atoms with E-state index in [0.717, 1.165) is 25.0 Å². The lowest BCUT2D eigenvalue weighted by molar-refractivity contribution is 0.212. The fraction of sp³-hybridized carbons (Fsp3) is 0.714. The van der Waals surface area contributed by atoms with Crippen molar-refractivity contribution in [2.24, 2.45) is 5.41 Å². The molecule has 1 saturated carbocycles. The van der Waals surface area contributed by atoms with Crippen LogP contribution in [0.5, 0.6) is 0 Å². The zero-order chi connectivity index (χ0) is 14.8. The van der Waals surface area contributed by atoms with E-state index in [-0.39, 0.29) is 11.5 Å². The van der Waals surface area contributed by atoms with E-state index in [4.69, 9.17) is 0 Å². The number of rotatable bonds is 5. The first-order chi connectivity index (χ1) is 9.32. The molecule has 1 fully saturated rings. The minimum absolute atomic E-state index is 0.0476. The molecule has 0 bridgehead atoms. The largest absolute Gasteiger partial charge is 0.363 e. The Hall–Kier alpha value is -0.850. The van der Waals surface area contributed by atoms with Crippen LogP contribution in [-0.4, -0.2) is 26.5 Å². The molecule has 5 nitrogen and oxygen atoms in total. The Balaban J connectivity index is 2.06. The average Bonchev–Trinajstić information content (AvgIpc) is 2.77. The second kappa shape index (κ2) is 5.87. The summed E-state index contributed by atoms with van der Waals surface area (Å²) in [5.41, 5.74) is 1.10. The average molecular weight is 299 g/mol. The van der Waals surface area contributed by atoms with Gasteiger partial charge in [0.25, 0.3) is 0 Å². The Morgan fingerprint density at radius 1 is 1.45 bits per heavy atom. The summed E-state index contributed by atoms with van der Waals surface area (Å²) in [4.78, 5) is 3.31. The van der Waals surface area contributed by atoms with Crippen molar-refractivity contribution in [1.82, 2.24) is 15.0 Å². The van der Waals surface area contributed by atoms with Crippen LogP contribution >= 0.6 is 0 Å². The maximum atomic E-state index is 12.4. The van der Waals surface area contributed by atoms with Gasteiger partial charge in [-0.15, -0.1) is 0 Å². The summed E-state index contributed by atoms with van der Waals surface area (Å²) in [6.45, 7) is 5.04. The molecule has 1 atom stereocenters. The Morgan fingerprint density at radius 3 is 2.85 bits per heavy atom. The van der Waals surface area contributed by atoms with Crippen molar-refractivity contribution in [3.63, 3.8) is 0 Å². The Morgan fingerprint density at radius 2 is 2.20 bits per heavy atom. The van der Waals surface area contributed by atoms with E-state index in [0.29, 0.717) is 11.4 Å². The van der Waals surface area contributed by atoms with Crippen LogP contribution < -0.4 is 10.0 Å². The predicted octanol–water partition coefficient (Wildman–Crippen LogP) is 1.98. The predicted molar refractivity (Wildman–Crippen MR) is 79.9 cm³/mol. The number of H-pyrrole nitrogens is 1.